The Balaban J connectivity index is 2.18. The van der Waals surface area contributed by atoms with E-state index >= 15 is 0 Å². The molecule has 0 aliphatic rings. The second-order valence-corrected chi connectivity index (χ2v) is 3.86. The molecule has 5 heteroatoms. The molecule has 0 atom stereocenters. The van der Waals surface area contributed by atoms with Crippen molar-refractivity contribution in [2.45, 2.75) is 0 Å². The van der Waals surface area contributed by atoms with Gasteiger partial charge in [-0.1, -0.05) is 6.07 Å². The Morgan fingerprint density at radius 1 is 1.00 bits per heavy atom. The van der Waals surface area contributed by atoms with E-state index in [1.165, 1.54) is 12.3 Å². The van der Waals surface area contributed by atoms with Gasteiger partial charge in [-0.15, -0.1) is 0 Å². The average molecular weight is 240 g/mol. The molecule has 3 rings (SSSR count). The van der Waals surface area contributed by atoms with Gasteiger partial charge in [0.25, 0.3) is 0 Å². The molecule has 2 N–H and O–H groups in total. The fourth-order valence-electron chi connectivity index (χ4n) is 1.74. The molecule has 0 saturated carbocycles. The largest absolute Gasteiger partial charge is 0.382 e. The molecule has 4 nitrogen and oxygen atoms in total. The predicted octanol–water partition coefficient (Wildman–Crippen LogP) is 2.41. The lowest BCUT2D eigenvalue weighted by Gasteiger charge is -2.03. The van der Waals surface area contributed by atoms with Crippen LogP contribution in [0.25, 0.3) is 22.2 Å². The van der Waals surface area contributed by atoms with Crippen molar-refractivity contribution in [3.63, 3.8) is 0 Å². The van der Waals surface area contributed by atoms with Gasteiger partial charge in [0.2, 0.25) is 0 Å². The van der Waals surface area contributed by atoms with Gasteiger partial charge in [-0.05, 0) is 18.2 Å². The van der Waals surface area contributed by atoms with Crippen molar-refractivity contribution in [1.82, 2.24) is 15.0 Å². The van der Waals surface area contributed by atoms with E-state index in [4.69, 9.17) is 5.73 Å². The van der Waals surface area contributed by atoms with Crippen molar-refractivity contribution in [3.8, 4) is 11.3 Å². The molecule has 0 bridgehead atoms. The SMILES string of the molecule is Nc1cnc(-c2cnc3cccc(F)c3c2)cn1. The summed E-state index contributed by atoms with van der Waals surface area (Å²) in [5.74, 6) is 0.0453. The number of hydrogen-bond acceptors (Lipinski definition) is 4. The maximum absolute atomic E-state index is 13.7. The molecule has 0 aliphatic heterocycles. The number of benzene rings is 1. The number of nitrogen functional groups attached to an aromatic ring is 1. The summed E-state index contributed by atoms with van der Waals surface area (Å²) in [6.07, 6.45) is 4.64. The number of pyridine rings is 1. The number of anilines is 1. The summed E-state index contributed by atoms with van der Waals surface area (Å²) in [6, 6.07) is 6.50. The molecule has 0 saturated heterocycles. The van der Waals surface area contributed by atoms with Crippen LogP contribution in [0, 0.1) is 5.82 Å². The van der Waals surface area contributed by atoms with Gasteiger partial charge in [-0.2, -0.15) is 0 Å². The quantitative estimate of drug-likeness (QED) is 0.709. The van der Waals surface area contributed by atoms with E-state index < -0.39 is 0 Å². The van der Waals surface area contributed by atoms with Gasteiger partial charge in [0.1, 0.15) is 11.6 Å². The number of nitrogens with zero attached hydrogens (tertiary/aromatic N) is 3. The van der Waals surface area contributed by atoms with Gasteiger partial charge in [-0.3, -0.25) is 9.97 Å². The summed E-state index contributed by atoms with van der Waals surface area (Å²) in [5, 5.41) is 0.466. The molecule has 1 aromatic carbocycles. The molecular formula is C13H9FN4. The second-order valence-electron chi connectivity index (χ2n) is 3.86. The monoisotopic (exact) mass is 240 g/mol. The van der Waals surface area contributed by atoms with E-state index in [2.05, 4.69) is 15.0 Å². The lowest BCUT2D eigenvalue weighted by molar-refractivity contribution is 0.639. The van der Waals surface area contributed by atoms with Gasteiger partial charge >= 0.3 is 0 Å². The highest BCUT2D eigenvalue weighted by Crippen LogP contribution is 2.22. The summed E-state index contributed by atoms with van der Waals surface area (Å²) >= 11 is 0. The van der Waals surface area contributed by atoms with Gasteiger partial charge in [0.05, 0.1) is 23.6 Å². The maximum atomic E-state index is 13.7. The van der Waals surface area contributed by atoms with Crippen molar-refractivity contribution in [2.24, 2.45) is 0 Å². The molecule has 88 valence electrons. The summed E-state index contributed by atoms with van der Waals surface area (Å²) in [5.41, 5.74) is 7.40. The van der Waals surface area contributed by atoms with Crippen molar-refractivity contribution in [3.05, 3.63) is 48.7 Å². The highest BCUT2D eigenvalue weighted by Gasteiger charge is 2.05. The van der Waals surface area contributed by atoms with Crippen LogP contribution in [-0.2, 0) is 0 Å². The standard InChI is InChI=1S/C13H9FN4/c14-10-2-1-3-11-9(10)4-8(5-16-11)12-6-18-13(15)7-17-12/h1-7H,(H2,15,18). The van der Waals surface area contributed by atoms with Crippen LogP contribution in [0.2, 0.25) is 0 Å². The zero-order valence-electron chi connectivity index (χ0n) is 9.34. The van der Waals surface area contributed by atoms with E-state index in [-0.39, 0.29) is 5.82 Å². The molecule has 3 aromatic rings. The fraction of sp³-hybridized carbons (Fsp3) is 0. The molecule has 0 radical (unpaired) electrons. The number of fused-ring (bicyclic) bond motifs is 1. The minimum absolute atomic E-state index is 0.301. The first-order chi connectivity index (χ1) is 8.74. The van der Waals surface area contributed by atoms with Crippen molar-refractivity contribution < 1.29 is 4.39 Å². The molecule has 18 heavy (non-hydrogen) atoms. The van der Waals surface area contributed by atoms with Gasteiger partial charge in [0.15, 0.2) is 0 Å². The summed E-state index contributed by atoms with van der Waals surface area (Å²) in [4.78, 5) is 12.3. The fourth-order valence-corrected chi connectivity index (χ4v) is 1.74. The lowest BCUT2D eigenvalue weighted by Crippen LogP contribution is -1.93. The number of aromatic nitrogens is 3. The van der Waals surface area contributed by atoms with Gasteiger partial charge in [0, 0.05) is 17.1 Å². The molecular weight excluding hydrogens is 231 g/mol. The van der Waals surface area contributed by atoms with Crippen molar-refractivity contribution >= 4 is 16.7 Å². The molecule has 2 heterocycles. The summed E-state index contributed by atoms with van der Waals surface area (Å²) in [7, 11) is 0. The third-order valence-electron chi connectivity index (χ3n) is 2.64. The van der Waals surface area contributed by atoms with E-state index in [1.807, 2.05) is 0 Å². The third-order valence-corrected chi connectivity index (χ3v) is 2.64. The second kappa shape index (κ2) is 4.03. The Morgan fingerprint density at radius 2 is 1.89 bits per heavy atom. The van der Waals surface area contributed by atoms with Crippen molar-refractivity contribution in [1.29, 1.82) is 0 Å². The first kappa shape index (κ1) is 10.6. The number of hydrogen-bond donors (Lipinski definition) is 1. The smallest absolute Gasteiger partial charge is 0.141 e. The predicted molar refractivity (Wildman–Crippen MR) is 67.1 cm³/mol. The average Bonchev–Trinajstić information content (AvgIpc) is 2.40. The van der Waals surface area contributed by atoms with Gasteiger partial charge in [-0.25, -0.2) is 9.37 Å². The Hall–Kier alpha value is -2.56. The Bertz CT molecular complexity index is 710. The normalized spacial score (nSPS) is 10.7. The third kappa shape index (κ3) is 1.75. The topological polar surface area (TPSA) is 64.7 Å². The molecule has 0 unspecified atom stereocenters. The van der Waals surface area contributed by atoms with Gasteiger partial charge < -0.3 is 5.73 Å². The first-order valence-corrected chi connectivity index (χ1v) is 5.36. The Morgan fingerprint density at radius 3 is 2.67 bits per heavy atom. The highest BCUT2D eigenvalue weighted by molar-refractivity contribution is 5.83. The van der Waals surface area contributed by atoms with Crippen molar-refractivity contribution in [2.75, 3.05) is 5.73 Å². The van der Waals surface area contributed by atoms with Crippen LogP contribution in [0.3, 0.4) is 0 Å². The maximum Gasteiger partial charge on any atom is 0.141 e. The van der Waals surface area contributed by atoms with E-state index in [1.54, 1.807) is 30.6 Å². The minimum atomic E-state index is -0.301. The zero-order valence-corrected chi connectivity index (χ0v) is 9.34. The minimum Gasteiger partial charge on any atom is -0.382 e. The molecule has 0 spiro atoms. The van der Waals surface area contributed by atoms with Crippen LogP contribution < -0.4 is 5.73 Å². The number of rotatable bonds is 1. The summed E-state index contributed by atoms with van der Waals surface area (Å²) < 4.78 is 13.7. The first-order valence-electron chi connectivity index (χ1n) is 5.36. The molecule has 0 fully saturated rings. The number of halogens is 1. The van der Waals surface area contributed by atoms with E-state index in [0.29, 0.717) is 28.0 Å². The van der Waals surface area contributed by atoms with Crippen LogP contribution >= 0.6 is 0 Å². The van der Waals surface area contributed by atoms with Crippen LogP contribution in [0.15, 0.2) is 42.9 Å². The van der Waals surface area contributed by atoms with E-state index in [9.17, 15) is 4.39 Å². The number of nitrogens with two attached hydrogens (primary N) is 1. The molecule has 2 aromatic heterocycles. The molecule has 0 aliphatic carbocycles. The zero-order chi connectivity index (χ0) is 12.5. The van der Waals surface area contributed by atoms with Crippen LogP contribution in [-0.4, -0.2) is 15.0 Å². The summed E-state index contributed by atoms with van der Waals surface area (Å²) in [6.45, 7) is 0. The van der Waals surface area contributed by atoms with Crippen LogP contribution in [0.1, 0.15) is 0 Å². The Kier molecular flexibility index (Phi) is 2.37. The highest BCUT2D eigenvalue weighted by atomic mass is 19.1. The Labute approximate surface area is 102 Å². The van der Waals surface area contributed by atoms with Crippen LogP contribution in [0.5, 0.6) is 0 Å². The lowest BCUT2D eigenvalue weighted by atomic mass is 10.1. The van der Waals surface area contributed by atoms with E-state index in [0.717, 1.165) is 0 Å². The van der Waals surface area contributed by atoms with Crippen LogP contribution in [0.4, 0.5) is 10.2 Å². The molecule has 0 amide bonds.